The van der Waals surface area contributed by atoms with Crippen molar-refractivity contribution in [2.24, 2.45) is 5.92 Å². The predicted octanol–water partition coefficient (Wildman–Crippen LogP) is 3.38. The number of carbonyl (C=O) groups is 1. The van der Waals surface area contributed by atoms with Gasteiger partial charge in [0.1, 0.15) is 0 Å². The largest absolute Gasteiger partial charge is 0.300 e. The smallest absolute Gasteiger partial charge is 0.166 e. The lowest BCUT2D eigenvalue weighted by atomic mass is 9.98. The first-order valence-electron chi connectivity index (χ1n) is 7.05. The summed E-state index contributed by atoms with van der Waals surface area (Å²) in [5.41, 5.74) is 0.845. The van der Waals surface area contributed by atoms with Crippen LogP contribution in [0, 0.1) is 5.92 Å². The highest BCUT2D eigenvalue weighted by Gasteiger charge is 2.26. The van der Waals surface area contributed by atoms with Crippen LogP contribution in [0.2, 0.25) is 0 Å². The quantitative estimate of drug-likeness (QED) is 0.741. The van der Waals surface area contributed by atoms with Crippen LogP contribution in [0.25, 0.3) is 0 Å². The Hall–Kier alpha value is -1.15. The summed E-state index contributed by atoms with van der Waals surface area (Å²) >= 11 is 0. The molecule has 0 bridgehead atoms. The molecule has 2 unspecified atom stereocenters. The van der Waals surface area contributed by atoms with Gasteiger partial charge in [-0.25, -0.2) is 0 Å². The van der Waals surface area contributed by atoms with E-state index in [4.69, 9.17) is 0 Å². The monoisotopic (exact) mass is 245 g/mol. The second-order valence-corrected chi connectivity index (χ2v) is 5.33. The van der Waals surface area contributed by atoms with Gasteiger partial charge >= 0.3 is 0 Å². The van der Waals surface area contributed by atoms with Gasteiger partial charge < -0.3 is 0 Å². The second kappa shape index (κ2) is 6.14. The highest BCUT2D eigenvalue weighted by Crippen LogP contribution is 2.22. The Balaban J connectivity index is 1.95. The van der Waals surface area contributed by atoms with Crippen molar-refractivity contribution >= 4 is 5.78 Å². The third-order valence-electron chi connectivity index (χ3n) is 3.98. The zero-order chi connectivity index (χ0) is 13.0. The van der Waals surface area contributed by atoms with E-state index in [0.717, 1.165) is 18.7 Å². The van der Waals surface area contributed by atoms with Gasteiger partial charge in [-0.2, -0.15) is 0 Å². The Morgan fingerprint density at radius 1 is 1.39 bits per heavy atom. The number of carbonyl (C=O) groups excluding carboxylic acids is 1. The van der Waals surface area contributed by atoms with Crippen molar-refractivity contribution in [2.75, 3.05) is 13.1 Å². The molecule has 1 fully saturated rings. The van der Waals surface area contributed by atoms with Gasteiger partial charge in [-0.05, 0) is 25.8 Å². The molecule has 1 aromatic rings. The highest BCUT2D eigenvalue weighted by molar-refractivity contribution is 5.97. The van der Waals surface area contributed by atoms with Crippen LogP contribution in [0.1, 0.15) is 43.5 Å². The molecule has 0 aromatic heterocycles. The van der Waals surface area contributed by atoms with Crippen LogP contribution >= 0.6 is 0 Å². The average molecular weight is 245 g/mol. The van der Waals surface area contributed by atoms with Gasteiger partial charge in [0.15, 0.2) is 5.78 Å². The molecule has 1 aromatic carbocycles. The zero-order valence-corrected chi connectivity index (χ0v) is 11.4. The maximum Gasteiger partial charge on any atom is 0.166 e. The molecular weight excluding hydrogens is 222 g/mol. The van der Waals surface area contributed by atoms with Gasteiger partial charge in [-0.1, -0.05) is 44.2 Å². The van der Waals surface area contributed by atoms with Crippen molar-refractivity contribution in [3.63, 3.8) is 0 Å². The summed E-state index contributed by atoms with van der Waals surface area (Å²) in [6.07, 6.45) is 3.78. The Morgan fingerprint density at radius 3 is 2.78 bits per heavy atom. The molecule has 0 saturated carbocycles. The molecule has 1 aliphatic heterocycles. The van der Waals surface area contributed by atoms with Gasteiger partial charge in [-0.3, -0.25) is 9.69 Å². The van der Waals surface area contributed by atoms with Crippen molar-refractivity contribution < 1.29 is 4.79 Å². The van der Waals surface area contributed by atoms with Gasteiger partial charge in [-0.15, -0.1) is 0 Å². The minimum atomic E-state index is 0.0968. The fourth-order valence-electron chi connectivity index (χ4n) is 2.92. The number of nitrogens with zero attached hydrogens (tertiary/aromatic N) is 1. The zero-order valence-electron chi connectivity index (χ0n) is 11.4. The van der Waals surface area contributed by atoms with Gasteiger partial charge in [0.25, 0.3) is 0 Å². The third kappa shape index (κ3) is 2.99. The highest BCUT2D eigenvalue weighted by atomic mass is 16.1. The maximum atomic E-state index is 12.3. The van der Waals surface area contributed by atoms with Crippen molar-refractivity contribution in [1.29, 1.82) is 0 Å². The number of ketones is 1. The first-order valence-corrected chi connectivity index (χ1v) is 7.05. The summed E-state index contributed by atoms with van der Waals surface area (Å²) in [6, 6.07) is 10.3. The van der Waals surface area contributed by atoms with E-state index in [9.17, 15) is 4.79 Å². The van der Waals surface area contributed by atoms with Crippen LogP contribution in [0.15, 0.2) is 30.3 Å². The van der Waals surface area contributed by atoms with Crippen LogP contribution in [0.5, 0.6) is 0 Å². The summed E-state index contributed by atoms with van der Waals surface area (Å²) in [5.74, 6) is 0.372. The molecule has 0 radical (unpaired) electrons. The summed E-state index contributed by atoms with van der Waals surface area (Å²) in [7, 11) is 0. The molecule has 0 amide bonds. The topological polar surface area (TPSA) is 20.3 Å². The van der Waals surface area contributed by atoms with E-state index in [1.165, 1.54) is 19.3 Å². The van der Waals surface area contributed by atoms with E-state index in [2.05, 4.69) is 18.7 Å². The van der Waals surface area contributed by atoms with Crippen LogP contribution in [-0.2, 0) is 0 Å². The fourth-order valence-corrected chi connectivity index (χ4v) is 2.92. The van der Waals surface area contributed by atoms with E-state index in [1.807, 2.05) is 30.3 Å². The van der Waals surface area contributed by atoms with E-state index in [-0.39, 0.29) is 11.7 Å². The molecule has 2 nitrogen and oxygen atoms in total. The molecule has 0 spiro atoms. The molecule has 2 heteroatoms. The minimum absolute atomic E-state index is 0.0968. The molecule has 2 rings (SSSR count). The SMILES string of the molecule is CCC1CCCN1CC(C)C(=O)c1ccccc1. The summed E-state index contributed by atoms with van der Waals surface area (Å²) in [6.45, 7) is 6.37. The Bertz CT molecular complexity index is 387. The number of hydrogen-bond donors (Lipinski definition) is 0. The normalized spacial score (nSPS) is 22.0. The first-order chi connectivity index (χ1) is 8.72. The van der Waals surface area contributed by atoms with E-state index >= 15 is 0 Å². The summed E-state index contributed by atoms with van der Waals surface area (Å²) in [5, 5.41) is 0. The van der Waals surface area contributed by atoms with Crippen molar-refractivity contribution in [1.82, 2.24) is 4.90 Å². The van der Waals surface area contributed by atoms with Crippen LogP contribution in [0.4, 0.5) is 0 Å². The van der Waals surface area contributed by atoms with Crippen LogP contribution in [-0.4, -0.2) is 29.8 Å². The first kappa shape index (κ1) is 13.3. The molecule has 18 heavy (non-hydrogen) atoms. The molecular formula is C16H23NO. The fraction of sp³-hybridized carbons (Fsp3) is 0.562. The van der Waals surface area contributed by atoms with Crippen LogP contribution < -0.4 is 0 Å². The van der Waals surface area contributed by atoms with Crippen molar-refractivity contribution in [3.05, 3.63) is 35.9 Å². The molecule has 1 saturated heterocycles. The van der Waals surface area contributed by atoms with Gasteiger partial charge in [0, 0.05) is 24.1 Å². The third-order valence-corrected chi connectivity index (χ3v) is 3.98. The predicted molar refractivity (Wildman–Crippen MR) is 74.8 cm³/mol. The van der Waals surface area contributed by atoms with E-state index < -0.39 is 0 Å². The lowest BCUT2D eigenvalue weighted by Crippen LogP contribution is -2.35. The van der Waals surface area contributed by atoms with Crippen LogP contribution in [0.3, 0.4) is 0 Å². The lowest BCUT2D eigenvalue weighted by molar-refractivity contribution is 0.0887. The summed E-state index contributed by atoms with van der Waals surface area (Å²) < 4.78 is 0. The van der Waals surface area contributed by atoms with Crippen molar-refractivity contribution in [2.45, 2.75) is 39.2 Å². The van der Waals surface area contributed by atoms with E-state index in [0.29, 0.717) is 6.04 Å². The summed E-state index contributed by atoms with van der Waals surface area (Å²) in [4.78, 5) is 14.8. The van der Waals surface area contributed by atoms with Crippen molar-refractivity contribution in [3.8, 4) is 0 Å². The molecule has 0 aliphatic carbocycles. The molecule has 1 heterocycles. The Kier molecular flexibility index (Phi) is 4.54. The second-order valence-electron chi connectivity index (χ2n) is 5.33. The standard InChI is InChI=1S/C16H23NO/c1-3-15-10-7-11-17(15)12-13(2)16(18)14-8-5-4-6-9-14/h4-6,8-9,13,15H,3,7,10-12H2,1-2H3. The number of likely N-dealkylation sites (tertiary alicyclic amines) is 1. The molecule has 2 atom stereocenters. The molecule has 98 valence electrons. The lowest BCUT2D eigenvalue weighted by Gasteiger charge is -2.26. The Labute approximate surface area is 110 Å². The maximum absolute atomic E-state index is 12.3. The number of Topliss-reactive ketones (excluding diaryl/α,β-unsaturated/α-hetero) is 1. The van der Waals surface area contributed by atoms with Gasteiger partial charge in [0.2, 0.25) is 0 Å². The minimum Gasteiger partial charge on any atom is -0.300 e. The van der Waals surface area contributed by atoms with E-state index in [1.54, 1.807) is 0 Å². The number of hydrogen-bond acceptors (Lipinski definition) is 2. The number of benzene rings is 1. The molecule has 1 aliphatic rings. The molecule has 0 N–H and O–H groups in total. The number of rotatable bonds is 5. The van der Waals surface area contributed by atoms with Gasteiger partial charge in [0.05, 0.1) is 0 Å². The average Bonchev–Trinajstić information content (AvgIpc) is 2.86. The Morgan fingerprint density at radius 2 is 2.11 bits per heavy atom.